The summed E-state index contributed by atoms with van der Waals surface area (Å²) < 4.78 is 7.89. The number of hydrogen-bond acceptors (Lipinski definition) is 3. The van der Waals surface area contributed by atoms with Crippen molar-refractivity contribution in [3.63, 3.8) is 0 Å². The van der Waals surface area contributed by atoms with E-state index in [1.165, 1.54) is 0 Å². The number of hydrogen-bond donors (Lipinski definition) is 1. The van der Waals surface area contributed by atoms with Crippen molar-refractivity contribution in [1.82, 2.24) is 9.55 Å². The number of carbonyl (C=O) groups is 1. The highest BCUT2D eigenvalue weighted by atomic mass is 28.4. The van der Waals surface area contributed by atoms with Crippen LogP contribution in [0.1, 0.15) is 26.5 Å². The van der Waals surface area contributed by atoms with Gasteiger partial charge in [0.05, 0.1) is 18.4 Å². The molecule has 0 bridgehead atoms. The molecule has 2 N–H and O–H groups in total. The number of amides is 1. The Kier molecular flexibility index (Phi) is 4.34. The molecule has 0 saturated carbocycles. The van der Waals surface area contributed by atoms with Crippen LogP contribution in [-0.2, 0) is 22.4 Å². The second kappa shape index (κ2) is 5.24. The van der Waals surface area contributed by atoms with E-state index < -0.39 is 8.32 Å². The summed E-state index contributed by atoms with van der Waals surface area (Å²) in [6.45, 7) is 11.5. The lowest BCUT2D eigenvalue weighted by Crippen LogP contribution is -2.41. The van der Waals surface area contributed by atoms with E-state index in [0.29, 0.717) is 12.4 Å². The van der Waals surface area contributed by atoms with E-state index in [1.54, 1.807) is 12.5 Å². The van der Waals surface area contributed by atoms with Gasteiger partial charge in [-0.3, -0.25) is 4.79 Å². The van der Waals surface area contributed by atoms with E-state index in [1.807, 2.05) is 4.57 Å². The maximum absolute atomic E-state index is 10.8. The number of rotatable bonds is 5. The molecule has 0 aliphatic heterocycles. The summed E-state index contributed by atoms with van der Waals surface area (Å²) in [6, 6.07) is 0. The Balaban J connectivity index is 2.59. The molecule has 1 rings (SSSR count). The van der Waals surface area contributed by atoms with Crippen LogP contribution in [0.25, 0.3) is 0 Å². The first kappa shape index (κ1) is 14.9. The largest absolute Gasteiger partial charge is 0.399 e. The molecule has 1 aromatic heterocycles. The third kappa shape index (κ3) is 3.96. The summed E-state index contributed by atoms with van der Waals surface area (Å²) in [4.78, 5) is 14.9. The van der Waals surface area contributed by atoms with Gasteiger partial charge in [-0.25, -0.2) is 4.98 Å². The van der Waals surface area contributed by atoms with Gasteiger partial charge in [0.1, 0.15) is 6.73 Å². The third-order valence-electron chi connectivity index (χ3n) is 3.42. The van der Waals surface area contributed by atoms with Crippen LogP contribution in [0.4, 0.5) is 0 Å². The van der Waals surface area contributed by atoms with Gasteiger partial charge in [0.2, 0.25) is 5.91 Å². The Morgan fingerprint density at radius 1 is 1.50 bits per heavy atom. The molecule has 0 aliphatic carbocycles. The second-order valence-corrected chi connectivity index (χ2v) is 10.9. The average molecular weight is 269 g/mol. The van der Waals surface area contributed by atoms with Crippen molar-refractivity contribution in [2.24, 2.45) is 5.73 Å². The number of carbonyl (C=O) groups excluding carboxylic acids is 1. The van der Waals surface area contributed by atoms with E-state index in [-0.39, 0.29) is 17.4 Å². The van der Waals surface area contributed by atoms with Crippen molar-refractivity contribution in [1.29, 1.82) is 0 Å². The molecule has 1 amide bonds. The Labute approximate surface area is 109 Å². The Morgan fingerprint density at radius 3 is 2.61 bits per heavy atom. The standard InChI is InChI=1S/C12H23N3O2Si/c1-12(2,3)18(4,5)17-9-15-7-10(14-8-15)6-11(13)16/h7-8H,6,9H2,1-5H3,(H2,13,16). The number of nitrogens with zero attached hydrogens (tertiary/aromatic N) is 2. The summed E-state index contributed by atoms with van der Waals surface area (Å²) >= 11 is 0. The van der Waals surface area contributed by atoms with Crippen molar-refractivity contribution in [3.8, 4) is 0 Å². The quantitative estimate of drug-likeness (QED) is 0.830. The van der Waals surface area contributed by atoms with Crippen LogP contribution in [0.5, 0.6) is 0 Å². The van der Waals surface area contributed by atoms with E-state index in [9.17, 15) is 4.79 Å². The molecular formula is C12H23N3O2Si. The van der Waals surface area contributed by atoms with Crippen molar-refractivity contribution < 1.29 is 9.22 Å². The van der Waals surface area contributed by atoms with Gasteiger partial charge in [-0.2, -0.15) is 0 Å². The molecule has 1 heterocycles. The monoisotopic (exact) mass is 269 g/mol. The lowest BCUT2D eigenvalue weighted by molar-refractivity contribution is -0.117. The highest BCUT2D eigenvalue weighted by Gasteiger charge is 2.37. The molecule has 1 aromatic rings. The Morgan fingerprint density at radius 2 is 2.11 bits per heavy atom. The Hall–Kier alpha value is -1.14. The van der Waals surface area contributed by atoms with E-state index in [0.717, 1.165) is 0 Å². The minimum absolute atomic E-state index is 0.174. The van der Waals surface area contributed by atoms with Crippen LogP contribution in [0, 0.1) is 0 Å². The van der Waals surface area contributed by atoms with Gasteiger partial charge in [-0.15, -0.1) is 0 Å². The smallest absolute Gasteiger partial charge is 0.223 e. The fraction of sp³-hybridized carbons (Fsp3) is 0.667. The molecule has 0 aromatic carbocycles. The number of aromatic nitrogens is 2. The minimum Gasteiger partial charge on any atom is -0.399 e. The molecule has 0 aliphatic rings. The normalized spacial score (nSPS) is 12.7. The zero-order valence-corrected chi connectivity index (χ0v) is 12.9. The predicted octanol–water partition coefficient (Wildman–Crippen LogP) is 1.89. The Bertz CT molecular complexity index is 421. The van der Waals surface area contributed by atoms with E-state index >= 15 is 0 Å². The van der Waals surface area contributed by atoms with Crippen molar-refractivity contribution in [2.45, 2.75) is 52.1 Å². The minimum atomic E-state index is -1.75. The SMILES string of the molecule is CC(C)(C)[Si](C)(C)OCn1cnc(CC(N)=O)c1. The molecule has 0 unspecified atom stereocenters. The van der Waals surface area contributed by atoms with Gasteiger partial charge < -0.3 is 14.7 Å². The fourth-order valence-corrected chi connectivity index (χ4v) is 2.10. The van der Waals surface area contributed by atoms with Gasteiger partial charge in [-0.1, -0.05) is 20.8 Å². The zero-order chi connectivity index (χ0) is 14.0. The molecule has 5 nitrogen and oxygen atoms in total. The fourth-order valence-electron chi connectivity index (χ4n) is 1.20. The lowest BCUT2D eigenvalue weighted by atomic mass is 10.2. The predicted molar refractivity (Wildman–Crippen MR) is 73.4 cm³/mol. The van der Waals surface area contributed by atoms with Gasteiger partial charge in [0.25, 0.3) is 0 Å². The third-order valence-corrected chi connectivity index (χ3v) is 7.89. The second-order valence-electron chi connectivity index (χ2n) is 6.06. The van der Waals surface area contributed by atoms with Crippen molar-refractivity contribution in [2.75, 3.05) is 0 Å². The number of imidazole rings is 1. The van der Waals surface area contributed by atoms with E-state index in [2.05, 4.69) is 38.8 Å². The van der Waals surface area contributed by atoms with Crippen LogP contribution in [-0.4, -0.2) is 23.8 Å². The zero-order valence-electron chi connectivity index (χ0n) is 11.9. The molecule has 0 saturated heterocycles. The van der Waals surface area contributed by atoms with Gasteiger partial charge in [0, 0.05) is 6.20 Å². The van der Waals surface area contributed by atoms with Crippen LogP contribution >= 0.6 is 0 Å². The van der Waals surface area contributed by atoms with Gasteiger partial charge in [-0.05, 0) is 18.1 Å². The topological polar surface area (TPSA) is 70.1 Å². The van der Waals surface area contributed by atoms with E-state index in [4.69, 9.17) is 10.2 Å². The molecule has 0 spiro atoms. The summed E-state index contributed by atoms with van der Waals surface area (Å²) in [5.74, 6) is -0.370. The first-order valence-corrected chi connectivity index (χ1v) is 8.95. The number of primary amides is 1. The summed E-state index contributed by atoms with van der Waals surface area (Å²) in [6.07, 6.45) is 3.65. The first-order chi connectivity index (χ1) is 8.12. The molecule has 0 radical (unpaired) electrons. The maximum atomic E-state index is 10.8. The van der Waals surface area contributed by atoms with Gasteiger partial charge >= 0.3 is 0 Å². The van der Waals surface area contributed by atoms with Crippen molar-refractivity contribution in [3.05, 3.63) is 18.2 Å². The highest BCUT2D eigenvalue weighted by Crippen LogP contribution is 2.36. The molecule has 0 atom stereocenters. The molecule has 18 heavy (non-hydrogen) atoms. The molecule has 0 fully saturated rings. The molecular weight excluding hydrogens is 246 g/mol. The van der Waals surface area contributed by atoms with Crippen LogP contribution in [0.2, 0.25) is 18.1 Å². The number of nitrogens with two attached hydrogens (primary N) is 1. The summed E-state index contributed by atoms with van der Waals surface area (Å²) in [7, 11) is -1.75. The average Bonchev–Trinajstić information content (AvgIpc) is 2.60. The summed E-state index contributed by atoms with van der Waals surface area (Å²) in [5.41, 5.74) is 5.80. The maximum Gasteiger partial charge on any atom is 0.223 e. The lowest BCUT2D eigenvalue weighted by Gasteiger charge is -2.36. The molecule has 102 valence electrons. The van der Waals surface area contributed by atoms with Crippen LogP contribution < -0.4 is 5.73 Å². The van der Waals surface area contributed by atoms with Crippen molar-refractivity contribution >= 4 is 14.2 Å². The van der Waals surface area contributed by atoms with Gasteiger partial charge in [0.15, 0.2) is 8.32 Å². The molecule has 6 heteroatoms. The van der Waals surface area contributed by atoms with Crippen LogP contribution in [0.15, 0.2) is 12.5 Å². The summed E-state index contributed by atoms with van der Waals surface area (Å²) in [5, 5.41) is 0.184. The van der Waals surface area contributed by atoms with Crippen LogP contribution in [0.3, 0.4) is 0 Å². The first-order valence-electron chi connectivity index (χ1n) is 6.05. The highest BCUT2D eigenvalue weighted by molar-refractivity contribution is 6.74.